The summed E-state index contributed by atoms with van der Waals surface area (Å²) in [5.74, 6) is 1.08. The van der Waals surface area contributed by atoms with Crippen molar-refractivity contribution in [3.8, 4) is 11.5 Å². The Morgan fingerprint density at radius 2 is 1.64 bits per heavy atom. The fourth-order valence-corrected chi connectivity index (χ4v) is 4.85. The maximum atomic E-state index is 11.9. The van der Waals surface area contributed by atoms with E-state index in [9.17, 15) is 13.5 Å². The Kier molecular flexibility index (Phi) is 8.02. The Bertz CT molecular complexity index is 1670. The van der Waals surface area contributed by atoms with Gasteiger partial charge in [-0.15, -0.1) is 0 Å². The van der Waals surface area contributed by atoms with Gasteiger partial charge in [-0.1, -0.05) is 54.6 Å². The standard InChI is InChI=1S/C30H30N2O6S/c1-39(34,35)32-26-17-22(11-14-29(26)37-20-21-7-3-2-4-8-21)27(33)19-31-15-16-36-23-12-13-25-24-9-5-6-10-28(24)38-30(25)18-23/h2-14,17-18,27,31-33H,15-16,19-20H2,1H3. The number of hydrogen-bond acceptors (Lipinski definition) is 7. The second kappa shape index (κ2) is 11.8. The maximum absolute atomic E-state index is 11.9. The zero-order valence-corrected chi connectivity index (χ0v) is 22.3. The van der Waals surface area contributed by atoms with Crippen LogP contribution < -0.4 is 19.5 Å². The van der Waals surface area contributed by atoms with E-state index in [1.54, 1.807) is 18.2 Å². The molecule has 8 nitrogen and oxygen atoms in total. The number of aliphatic hydroxyl groups excluding tert-OH is 1. The van der Waals surface area contributed by atoms with Crippen LogP contribution in [0.5, 0.6) is 11.5 Å². The predicted molar refractivity (Wildman–Crippen MR) is 153 cm³/mol. The van der Waals surface area contributed by atoms with E-state index in [-0.39, 0.29) is 18.8 Å². The zero-order valence-electron chi connectivity index (χ0n) is 21.5. The number of rotatable bonds is 12. The highest BCUT2D eigenvalue weighted by atomic mass is 32.2. The van der Waals surface area contributed by atoms with E-state index < -0.39 is 16.1 Å². The van der Waals surface area contributed by atoms with Crippen LogP contribution in [0.1, 0.15) is 17.2 Å². The van der Waals surface area contributed by atoms with Gasteiger partial charge in [0.1, 0.15) is 35.9 Å². The lowest BCUT2D eigenvalue weighted by Gasteiger charge is -2.17. The fraction of sp³-hybridized carbons (Fsp3) is 0.200. The van der Waals surface area contributed by atoms with Crippen molar-refractivity contribution in [1.29, 1.82) is 0 Å². The van der Waals surface area contributed by atoms with E-state index in [1.165, 1.54) is 0 Å². The van der Waals surface area contributed by atoms with Gasteiger partial charge in [0, 0.05) is 29.9 Å². The maximum Gasteiger partial charge on any atom is 0.229 e. The highest BCUT2D eigenvalue weighted by Gasteiger charge is 2.15. The van der Waals surface area contributed by atoms with Gasteiger partial charge in [0.2, 0.25) is 10.0 Å². The molecular formula is C30H30N2O6S. The highest BCUT2D eigenvalue weighted by molar-refractivity contribution is 7.92. The lowest BCUT2D eigenvalue weighted by Crippen LogP contribution is -2.26. The van der Waals surface area contributed by atoms with Crippen LogP contribution in [0.15, 0.2) is 95.4 Å². The number of benzene rings is 4. The Balaban J connectivity index is 1.15. The van der Waals surface area contributed by atoms with E-state index in [4.69, 9.17) is 13.9 Å². The first-order valence-electron chi connectivity index (χ1n) is 12.6. The molecule has 0 radical (unpaired) electrons. The van der Waals surface area contributed by atoms with Crippen molar-refractivity contribution in [2.45, 2.75) is 12.7 Å². The number of hydrogen-bond donors (Lipinski definition) is 3. The zero-order chi connectivity index (χ0) is 27.2. The molecule has 0 aliphatic rings. The summed E-state index contributed by atoms with van der Waals surface area (Å²) >= 11 is 0. The molecule has 3 N–H and O–H groups in total. The largest absolute Gasteiger partial charge is 0.492 e. The van der Waals surface area contributed by atoms with Crippen molar-refractivity contribution >= 4 is 37.6 Å². The molecule has 5 rings (SSSR count). The molecule has 4 aromatic carbocycles. The van der Waals surface area contributed by atoms with Crippen LogP contribution in [-0.4, -0.2) is 39.5 Å². The van der Waals surface area contributed by atoms with Gasteiger partial charge in [-0.25, -0.2) is 8.42 Å². The third-order valence-electron chi connectivity index (χ3n) is 6.16. The van der Waals surface area contributed by atoms with Crippen LogP contribution >= 0.6 is 0 Å². The minimum Gasteiger partial charge on any atom is -0.492 e. The first-order valence-corrected chi connectivity index (χ1v) is 14.5. The van der Waals surface area contributed by atoms with E-state index in [0.717, 1.165) is 33.8 Å². The second-order valence-corrected chi connectivity index (χ2v) is 11.0. The molecule has 0 bridgehead atoms. The quantitative estimate of drug-likeness (QED) is 0.184. The van der Waals surface area contributed by atoms with Crippen LogP contribution in [0.25, 0.3) is 21.9 Å². The summed E-state index contributed by atoms with van der Waals surface area (Å²) in [6.07, 6.45) is 0.213. The smallest absolute Gasteiger partial charge is 0.229 e. The molecule has 0 spiro atoms. The monoisotopic (exact) mass is 546 g/mol. The van der Waals surface area contributed by atoms with Crippen LogP contribution in [-0.2, 0) is 16.6 Å². The molecule has 5 aromatic rings. The Labute approximate surface area is 227 Å². The third-order valence-corrected chi connectivity index (χ3v) is 6.75. The third kappa shape index (κ3) is 6.88. The summed E-state index contributed by atoms with van der Waals surface area (Å²) in [6, 6.07) is 28.2. The van der Waals surface area contributed by atoms with E-state index >= 15 is 0 Å². The van der Waals surface area contributed by atoms with Gasteiger partial charge in [0.05, 0.1) is 18.0 Å². The molecule has 202 valence electrons. The molecule has 0 fully saturated rings. The number of sulfonamides is 1. The minimum atomic E-state index is -3.55. The van der Waals surface area contributed by atoms with Gasteiger partial charge in [-0.05, 0) is 41.5 Å². The Morgan fingerprint density at radius 1 is 0.872 bits per heavy atom. The van der Waals surface area contributed by atoms with E-state index in [1.807, 2.05) is 72.8 Å². The van der Waals surface area contributed by atoms with Crippen LogP contribution in [0, 0.1) is 0 Å². The Hall–Kier alpha value is -4.05. The lowest BCUT2D eigenvalue weighted by atomic mass is 10.1. The van der Waals surface area contributed by atoms with Crippen molar-refractivity contribution in [1.82, 2.24) is 5.32 Å². The average Bonchev–Trinajstić information content (AvgIpc) is 3.29. The molecule has 1 aromatic heterocycles. The number of para-hydroxylation sites is 1. The number of nitrogens with one attached hydrogen (secondary N) is 2. The molecule has 0 amide bonds. The lowest BCUT2D eigenvalue weighted by molar-refractivity contribution is 0.172. The minimum absolute atomic E-state index is 0.258. The van der Waals surface area contributed by atoms with Gasteiger partial charge >= 0.3 is 0 Å². The average molecular weight is 547 g/mol. The van der Waals surface area contributed by atoms with Gasteiger partial charge in [-0.2, -0.15) is 0 Å². The summed E-state index contributed by atoms with van der Waals surface area (Å²) in [4.78, 5) is 0. The topological polar surface area (TPSA) is 110 Å². The molecule has 39 heavy (non-hydrogen) atoms. The summed E-state index contributed by atoms with van der Waals surface area (Å²) in [6.45, 7) is 1.44. The number of fused-ring (bicyclic) bond motifs is 3. The fourth-order valence-electron chi connectivity index (χ4n) is 4.29. The van der Waals surface area contributed by atoms with Crippen molar-refractivity contribution < 1.29 is 27.4 Å². The number of aliphatic hydroxyl groups is 1. The molecule has 0 saturated heterocycles. The molecule has 1 unspecified atom stereocenters. The van der Waals surface area contributed by atoms with Crippen LogP contribution in [0.4, 0.5) is 5.69 Å². The van der Waals surface area contributed by atoms with E-state index in [0.29, 0.717) is 30.2 Å². The van der Waals surface area contributed by atoms with Gasteiger partial charge in [0.25, 0.3) is 0 Å². The first-order chi connectivity index (χ1) is 18.9. The summed E-state index contributed by atoms with van der Waals surface area (Å²) in [7, 11) is -3.55. The van der Waals surface area contributed by atoms with Gasteiger partial charge in [0.15, 0.2) is 0 Å². The molecule has 9 heteroatoms. The second-order valence-electron chi connectivity index (χ2n) is 9.23. The number of ether oxygens (including phenoxy) is 2. The number of furan rings is 1. The van der Waals surface area contributed by atoms with Crippen LogP contribution in [0.3, 0.4) is 0 Å². The highest BCUT2D eigenvalue weighted by Crippen LogP contribution is 2.31. The van der Waals surface area contributed by atoms with Crippen molar-refractivity contribution in [3.63, 3.8) is 0 Å². The predicted octanol–water partition coefficient (Wildman–Crippen LogP) is 5.24. The molecule has 1 atom stereocenters. The SMILES string of the molecule is CS(=O)(=O)Nc1cc(C(O)CNCCOc2ccc3c(c2)oc2ccccc23)ccc1OCc1ccccc1. The summed E-state index contributed by atoms with van der Waals surface area (Å²) in [5.41, 5.74) is 3.39. The molecule has 0 aliphatic carbocycles. The number of anilines is 1. The molecule has 1 heterocycles. The molecular weight excluding hydrogens is 516 g/mol. The molecule has 0 aliphatic heterocycles. The van der Waals surface area contributed by atoms with Crippen LogP contribution in [0.2, 0.25) is 0 Å². The van der Waals surface area contributed by atoms with Crippen molar-refractivity contribution in [2.24, 2.45) is 0 Å². The Morgan fingerprint density at radius 3 is 2.46 bits per heavy atom. The molecule has 0 saturated carbocycles. The van der Waals surface area contributed by atoms with Gasteiger partial charge < -0.3 is 24.3 Å². The van der Waals surface area contributed by atoms with E-state index in [2.05, 4.69) is 10.0 Å². The first kappa shape index (κ1) is 26.6. The van der Waals surface area contributed by atoms with Crippen molar-refractivity contribution in [3.05, 3.63) is 102 Å². The summed E-state index contributed by atoms with van der Waals surface area (Å²) in [5, 5.41) is 16.0. The normalized spacial score (nSPS) is 12.5. The van der Waals surface area contributed by atoms with Crippen molar-refractivity contribution in [2.75, 3.05) is 30.7 Å². The van der Waals surface area contributed by atoms with Gasteiger partial charge in [-0.3, -0.25) is 4.72 Å². The summed E-state index contributed by atoms with van der Waals surface area (Å²) < 4.78 is 44.0.